The van der Waals surface area contributed by atoms with Crippen molar-refractivity contribution in [3.8, 4) is 5.88 Å². The van der Waals surface area contributed by atoms with E-state index in [0.29, 0.717) is 30.8 Å². The summed E-state index contributed by atoms with van der Waals surface area (Å²) in [5, 5.41) is 10.6. The van der Waals surface area contributed by atoms with Crippen molar-refractivity contribution in [3.05, 3.63) is 92.1 Å². The Kier molecular flexibility index (Phi) is 9.14. The summed E-state index contributed by atoms with van der Waals surface area (Å²) in [5.74, 6) is -0.876. The van der Waals surface area contributed by atoms with Gasteiger partial charge in [-0.1, -0.05) is 44.2 Å². The summed E-state index contributed by atoms with van der Waals surface area (Å²) in [6.07, 6.45) is 1.70. The Bertz CT molecular complexity index is 1260. The second-order valence-corrected chi connectivity index (χ2v) is 7.85. The summed E-state index contributed by atoms with van der Waals surface area (Å²) >= 11 is 0. The van der Waals surface area contributed by atoms with Crippen LogP contribution in [0.2, 0.25) is 0 Å². The Labute approximate surface area is 203 Å². The smallest absolute Gasteiger partial charge is 0.338 e. The third-order valence-corrected chi connectivity index (χ3v) is 5.65. The summed E-state index contributed by atoms with van der Waals surface area (Å²) in [7, 11) is 0. The van der Waals surface area contributed by atoms with Crippen LogP contribution in [-0.4, -0.2) is 58.0 Å². The maximum atomic E-state index is 12.3. The molecule has 0 atom stereocenters. The molecule has 35 heavy (non-hydrogen) atoms. The second-order valence-electron chi connectivity index (χ2n) is 7.85. The minimum absolute atomic E-state index is 0.127. The molecule has 184 valence electrons. The van der Waals surface area contributed by atoms with Crippen LogP contribution in [0.15, 0.2) is 69.2 Å². The van der Waals surface area contributed by atoms with Crippen LogP contribution in [0, 0.1) is 0 Å². The number of aliphatic imine (C=N–C) groups is 1. The molecule has 0 aliphatic carbocycles. The number of esters is 1. The van der Waals surface area contributed by atoms with Crippen molar-refractivity contribution in [3.63, 3.8) is 0 Å². The number of aromatic hydroxyl groups is 1. The topological polar surface area (TPSA) is 117 Å². The third kappa shape index (κ3) is 7.00. The number of aromatic amines is 1. The van der Waals surface area contributed by atoms with E-state index in [2.05, 4.69) is 28.7 Å². The van der Waals surface area contributed by atoms with Gasteiger partial charge in [-0.3, -0.25) is 19.3 Å². The predicted octanol–water partition coefficient (Wildman–Crippen LogP) is 2.73. The first-order valence-corrected chi connectivity index (χ1v) is 11.6. The number of nitrogens with one attached hydrogen (secondary N) is 1. The van der Waals surface area contributed by atoms with Crippen LogP contribution >= 0.6 is 0 Å². The van der Waals surface area contributed by atoms with Crippen molar-refractivity contribution in [2.75, 3.05) is 26.2 Å². The van der Waals surface area contributed by atoms with Gasteiger partial charge in [0.25, 0.3) is 5.56 Å². The molecule has 3 aromatic rings. The maximum Gasteiger partial charge on any atom is 0.338 e. The zero-order chi connectivity index (χ0) is 25.2. The summed E-state index contributed by atoms with van der Waals surface area (Å²) in [4.78, 5) is 45.3. The van der Waals surface area contributed by atoms with E-state index in [1.807, 2.05) is 30.3 Å². The number of H-pyrrole nitrogens is 1. The van der Waals surface area contributed by atoms with E-state index in [1.54, 1.807) is 24.3 Å². The van der Waals surface area contributed by atoms with Crippen LogP contribution in [0.25, 0.3) is 0 Å². The van der Waals surface area contributed by atoms with Crippen molar-refractivity contribution < 1.29 is 14.6 Å². The number of benzene rings is 2. The lowest BCUT2D eigenvalue weighted by Gasteiger charge is -2.17. The van der Waals surface area contributed by atoms with Crippen LogP contribution < -0.4 is 11.2 Å². The lowest BCUT2D eigenvalue weighted by atomic mass is 10.1. The number of hydrogen-bond acceptors (Lipinski definition) is 7. The van der Waals surface area contributed by atoms with E-state index in [-0.39, 0.29) is 12.1 Å². The molecule has 0 saturated carbocycles. The van der Waals surface area contributed by atoms with E-state index in [9.17, 15) is 19.5 Å². The molecule has 0 radical (unpaired) electrons. The molecule has 0 saturated heterocycles. The minimum Gasteiger partial charge on any atom is -0.494 e. The molecule has 9 heteroatoms. The molecule has 9 nitrogen and oxygen atoms in total. The normalized spacial score (nSPS) is 11.3. The van der Waals surface area contributed by atoms with E-state index in [0.717, 1.165) is 23.2 Å². The average Bonchev–Trinajstić information content (AvgIpc) is 2.87. The van der Waals surface area contributed by atoms with E-state index < -0.39 is 23.1 Å². The van der Waals surface area contributed by atoms with Crippen LogP contribution in [-0.2, 0) is 17.7 Å². The summed E-state index contributed by atoms with van der Waals surface area (Å²) in [6, 6.07) is 15.9. The number of nitrogens with zero attached hydrogens (tertiary/aromatic N) is 3. The summed E-state index contributed by atoms with van der Waals surface area (Å²) in [6.45, 7) is 7.06. The molecule has 0 bridgehead atoms. The van der Waals surface area contributed by atoms with Gasteiger partial charge in [0.15, 0.2) is 0 Å². The zero-order valence-electron chi connectivity index (χ0n) is 19.9. The first-order valence-electron chi connectivity index (χ1n) is 11.6. The van der Waals surface area contributed by atoms with E-state index in [4.69, 9.17) is 4.74 Å². The van der Waals surface area contributed by atoms with Gasteiger partial charge in [-0.2, -0.15) is 0 Å². The van der Waals surface area contributed by atoms with Crippen molar-refractivity contribution in [2.24, 2.45) is 4.99 Å². The molecule has 0 amide bonds. The molecule has 1 heterocycles. The molecule has 0 spiro atoms. The zero-order valence-corrected chi connectivity index (χ0v) is 19.9. The van der Waals surface area contributed by atoms with Crippen molar-refractivity contribution in [1.29, 1.82) is 0 Å². The Hall–Kier alpha value is -3.98. The Balaban J connectivity index is 1.68. The SMILES string of the molecule is CCN(CC)CCOC(=O)c1ccc(N=Cc2c(O)n(CCc3ccccc3)c(=O)[nH]c2=O)cc1. The van der Waals surface area contributed by atoms with Crippen molar-refractivity contribution in [1.82, 2.24) is 14.5 Å². The Morgan fingerprint density at radius 1 is 1.09 bits per heavy atom. The first-order chi connectivity index (χ1) is 16.9. The fourth-order valence-electron chi connectivity index (χ4n) is 3.50. The van der Waals surface area contributed by atoms with Crippen LogP contribution in [0.4, 0.5) is 5.69 Å². The lowest BCUT2D eigenvalue weighted by molar-refractivity contribution is 0.0466. The van der Waals surface area contributed by atoms with E-state index >= 15 is 0 Å². The highest BCUT2D eigenvalue weighted by molar-refractivity contribution is 5.90. The molecule has 2 aromatic carbocycles. The molecule has 0 unspecified atom stereocenters. The maximum absolute atomic E-state index is 12.3. The monoisotopic (exact) mass is 478 g/mol. The highest BCUT2D eigenvalue weighted by Crippen LogP contribution is 2.16. The summed E-state index contributed by atoms with van der Waals surface area (Å²) < 4.78 is 6.42. The van der Waals surface area contributed by atoms with Gasteiger partial charge in [0.2, 0.25) is 5.88 Å². The lowest BCUT2D eigenvalue weighted by Crippen LogP contribution is -2.32. The van der Waals surface area contributed by atoms with Gasteiger partial charge in [0.1, 0.15) is 12.2 Å². The van der Waals surface area contributed by atoms with Gasteiger partial charge >= 0.3 is 11.7 Å². The number of hydrogen-bond donors (Lipinski definition) is 2. The fraction of sp³-hybridized carbons (Fsp3) is 0.308. The number of carbonyl (C=O) groups is 1. The fourth-order valence-corrected chi connectivity index (χ4v) is 3.50. The molecule has 0 aliphatic heterocycles. The number of carbonyl (C=O) groups excluding carboxylic acids is 1. The van der Waals surface area contributed by atoms with Crippen molar-refractivity contribution in [2.45, 2.75) is 26.8 Å². The standard InChI is InChI=1S/C26H30N4O5/c1-3-29(4-2)16-17-35-25(33)20-10-12-21(13-11-20)27-18-22-23(31)28-26(34)30(24(22)32)15-14-19-8-6-5-7-9-19/h5-13,18,32H,3-4,14-17H2,1-2H3,(H,28,31,34). The van der Waals surface area contributed by atoms with Gasteiger partial charge in [-0.15, -0.1) is 0 Å². The van der Waals surface area contributed by atoms with Crippen molar-refractivity contribution >= 4 is 17.9 Å². The largest absolute Gasteiger partial charge is 0.494 e. The van der Waals surface area contributed by atoms with Crippen LogP contribution in [0.3, 0.4) is 0 Å². The van der Waals surface area contributed by atoms with Crippen LogP contribution in [0.1, 0.15) is 35.3 Å². The number of ether oxygens (including phenoxy) is 1. The average molecular weight is 479 g/mol. The second kappa shape index (κ2) is 12.5. The molecule has 3 rings (SSSR count). The third-order valence-electron chi connectivity index (χ3n) is 5.65. The molecular weight excluding hydrogens is 448 g/mol. The van der Waals surface area contributed by atoms with Gasteiger partial charge in [-0.05, 0) is 49.3 Å². The van der Waals surface area contributed by atoms with Gasteiger partial charge in [0.05, 0.1) is 11.3 Å². The Morgan fingerprint density at radius 3 is 2.43 bits per heavy atom. The quantitative estimate of drug-likeness (QED) is 0.323. The number of aryl methyl sites for hydroxylation is 1. The van der Waals surface area contributed by atoms with E-state index in [1.165, 1.54) is 6.21 Å². The summed E-state index contributed by atoms with van der Waals surface area (Å²) in [5.41, 5.74) is 0.290. The number of aromatic nitrogens is 2. The minimum atomic E-state index is -0.736. The predicted molar refractivity (Wildman–Crippen MR) is 135 cm³/mol. The Morgan fingerprint density at radius 2 is 1.77 bits per heavy atom. The highest BCUT2D eigenvalue weighted by Gasteiger charge is 2.13. The molecular formula is C26H30N4O5. The molecule has 0 aliphatic rings. The molecule has 2 N–H and O–H groups in total. The number of rotatable bonds is 11. The van der Waals surface area contributed by atoms with Gasteiger partial charge in [0, 0.05) is 19.3 Å². The highest BCUT2D eigenvalue weighted by atomic mass is 16.5. The first kappa shape index (κ1) is 25.6. The molecule has 0 fully saturated rings. The van der Waals surface area contributed by atoms with Crippen LogP contribution in [0.5, 0.6) is 5.88 Å². The van der Waals surface area contributed by atoms with Gasteiger partial charge < -0.3 is 14.7 Å². The molecule has 1 aromatic heterocycles. The van der Waals surface area contributed by atoms with Gasteiger partial charge in [-0.25, -0.2) is 9.59 Å². The number of likely N-dealkylation sites (N-methyl/N-ethyl adjacent to an activating group) is 1.